The van der Waals surface area contributed by atoms with Crippen molar-refractivity contribution in [1.82, 2.24) is 9.97 Å². The van der Waals surface area contributed by atoms with E-state index in [0.29, 0.717) is 22.4 Å². The average molecular weight is 296 g/mol. The SMILES string of the molecule is C=C(OC)c1ccc2nc(-c3ccc(F)cc3)c(=O)[nH]c2c1. The van der Waals surface area contributed by atoms with Crippen LogP contribution in [0.25, 0.3) is 28.0 Å². The second kappa shape index (κ2) is 5.44. The normalized spacial score (nSPS) is 10.6. The molecular weight excluding hydrogens is 283 g/mol. The molecule has 0 bridgehead atoms. The van der Waals surface area contributed by atoms with Crippen LogP contribution in [0.5, 0.6) is 0 Å². The van der Waals surface area contributed by atoms with Gasteiger partial charge in [-0.05, 0) is 42.5 Å². The molecular formula is C17H13FN2O2. The zero-order valence-corrected chi connectivity index (χ0v) is 11.9. The van der Waals surface area contributed by atoms with Gasteiger partial charge in [0.05, 0.1) is 18.1 Å². The number of aromatic nitrogens is 2. The van der Waals surface area contributed by atoms with Crippen LogP contribution in [0, 0.1) is 5.82 Å². The monoisotopic (exact) mass is 296 g/mol. The first kappa shape index (κ1) is 14.0. The van der Waals surface area contributed by atoms with Gasteiger partial charge >= 0.3 is 0 Å². The molecule has 0 saturated carbocycles. The van der Waals surface area contributed by atoms with Crippen LogP contribution in [0.15, 0.2) is 53.8 Å². The first-order chi connectivity index (χ1) is 10.6. The molecule has 1 heterocycles. The molecule has 1 N–H and O–H groups in total. The number of H-pyrrole nitrogens is 1. The zero-order chi connectivity index (χ0) is 15.7. The second-order valence-corrected chi connectivity index (χ2v) is 4.78. The van der Waals surface area contributed by atoms with Crippen LogP contribution in [0.4, 0.5) is 4.39 Å². The molecule has 5 heteroatoms. The zero-order valence-electron chi connectivity index (χ0n) is 11.9. The minimum absolute atomic E-state index is 0.255. The Hall–Kier alpha value is -2.95. The molecule has 0 amide bonds. The minimum atomic E-state index is -0.358. The molecule has 22 heavy (non-hydrogen) atoms. The molecule has 0 atom stereocenters. The van der Waals surface area contributed by atoms with Crippen molar-refractivity contribution in [3.63, 3.8) is 0 Å². The topological polar surface area (TPSA) is 55.0 Å². The molecule has 4 nitrogen and oxygen atoms in total. The second-order valence-electron chi connectivity index (χ2n) is 4.78. The molecule has 1 aromatic heterocycles. The summed E-state index contributed by atoms with van der Waals surface area (Å²) in [4.78, 5) is 19.4. The molecule has 0 fully saturated rings. The van der Waals surface area contributed by atoms with Crippen molar-refractivity contribution in [2.45, 2.75) is 0 Å². The van der Waals surface area contributed by atoms with Gasteiger partial charge in [0.1, 0.15) is 17.3 Å². The first-order valence-corrected chi connectivity index (χ1v) is 6.62. The lowest BCUT2D eigenvalue weighted by Gasteiger charge is -2.07. The van der Waals surface area contributed by atoms with Crippen LogP contribution in [0.3, 0.4) is 0 Å². The summed E-state index contributed by atoms with van der Waals surface area (Å²) in [7, 11) is 1.53. The number of hydrogen-bond donors (Lipinski definition) is 1. The van der Waals surface area contributed by atoms with E-state index in [9.17, 15) is 9.18 Å². The van der Waals surface area contributed by atoms with Crippen LogP contribution in [0.2, 0.25) is 0 Å². The van der Waals surface area contributed by atoms with Gasteiger partial charge < -0.3 is 9.72 Å². The Morgan fingerprint density at radius 2 is 1.95 bits per heavy atom. The Bertz CT molecular complexity index is 914. The van der Waals surface area contributed by atoms with Gasteiger partial charge in [0, 0.05) is 11.1 Å². The molecule has 0 aliphatic carbocycles. The Balaban J connectivity index is 2.15. The minimum Gasteiger partial charge on any atom is -0.497 e. The van der Waals surface area contributed by atoms with Crippen molar-refractivity contribution in [3.05, 3.63) is 70.8 Å². The van der Waals surface area contributed by atoms with E-state index in [2.05, 4.69) is 16.5 Å². The van der Waals surface area contributed by atoms with Crippen LogP contribution in [-0.2, 0) is 4.74 Å². The number of halogens is 1. The molecule has 0 saturated heterocycles. The van der Waals surface area contributed by atoms with Crippen molar-refractivity contribution in [3.8, 4) is 11.3 Å². The van der Waals surface area contributed by atoms with Crippen LogP contribution >= 0.6 is 0 Å². The summed E-state index contributed by atoms with van der Waals surface area (Å²) in [5.74, 6) is 0.147. The highest BCUT2D eigenvalue weighted by Gasteiger charge is 2.09. The summed E-state index contributed by atoms with van der Waals surface area (Å²) in [6.07, 6.45) is 0. The third-order valence-corrected chi connectivity index (χ3v) is 3.38. The molecule has 0 aliphatic heterocycles. The first-order valence-electron chi connectivity index (χ1n) is 6.62. The molecule has 3 aromatic rings. The highest BCUT2D eigenvalue weighted by molar-refractivity contribution is 5.80. The van der Waals surface area contributed by atoms with E-state index in [1.165, 1.54) is 31.4 Å². The Morgan fingerprint density at radius 1 is 1.23 bits per heavy atom. The van der Waals surface area contributed by atoms with Crippen molar-refractivity contribution in [2.75, 3.05) is 7.11 Å². The van der Waals surface area contributed by atoms with E-state index in [1.807, 2.05) is 6.07 Å². The summed E-state index contributed by atoms with van der Waals surface area (Å²) >= 11 is 0. The smallest absolute Gasteiger partial charge is 0.274 e. The highest BCUT2D eigenvalue weighted by Crippen LogP contribution is 2.20. The quantitative estimate of drug-likeness (QED) is 0.754. The standard InChI is InChI=1S/C17H13FN2O2/c1-10(22-2)12-5-8-14-15(9-12)20-17(21)16(19-14)11-3-6-13(18)7-4-11/h3-9H,1H2,2H3,(H,20,21). The maximum Gasteiger partial charge on any atom is 0.274 e. The summed E-state index contributed by atoms with van der Waals surface area (Å²) < 4.78 is 18.1. The summed E-state index contributed by atoms with van der Waals surface area (Å²) in [6, 6.07) is 11.0. The van der Waals surface area contributed by atoms with Crippen LogP contribution in [-0.4, -0.2) is 17.1 Å². The van der Waals surface area contributed by atoms with Crippen molar-refractivity contribution < 1.29 is 9.13 Å². The van der Waals surface area contributed by atoms with Crippen LogP contribution in [0.1, 0.15) is 5.56 Å². The number of hydrogen-bond acceptors (Lipinski definition) is 3. The van der Waals surface area contributed by atoms with E-state index < -0.39 is 0 Å². The number of rotatable bonds is 3. The lowest BCUT2D eigenvalue weighted by Crippen LogP contribution is -2.11. The molecule has 0 unspecified atom stereocenters. The number of aromatic amines is 1. The largest absolute Gasteiger partial charge is 0.497 e. The van der Waals surface area contributed by atoms with Gasteiger partial charge in [-0.2, -0.15) is 0 Å². The van der Waals surface area contributed by atoms with Crippen LogP contribution < -0.4 is 5.56 Å². The predicted octanol–water partition coefficient (Wildman–Crippen LogP) is 3.35. The van der Waals surface area contributed by atoms with Gasteiger partial charge in [-0.25, -0.2) is 9.37 Å². The maximum atomic E-state index is 13.0. The summed E-state index contributed by atoms with van der Waals surface area (Å²) in [5.41, 5.74) is 2.47. The average Bonchev–Trinajstić information content (AvgIpc) is 2.54. The Kier molecular flexibility index (Phi) is 3.47. The van der Waals surface area contributed by atoms with Gasteiger partial charge in [-0.1, -0.05) is 6.58 Å². The molecule has 0 radical (unpaired) electrons. The Labute approximate surface area is 125 Å². The summed E-state index contributed by atoms with van der Waals surface area (Å²) in [5, 5.41) is 0. The number of ether oxygens (including phenoxy) is 1. The lowest BCUT2D eigenvalue weighted by molar-refractivity contribution is 0.371. The molecule has 0 aliphatic rings. The van der Waals surface area contributed by atoms with E-state index in [-0.39, 0.29) is 17.1 Å². The number of nitrogens with zero attached hydrogens (tertiary/aromatic N) is 1. The van der Waals surface area contributed by atoms with Crippen molar-refractivity contribution in [1.29, 1.82) is 0 Å². The number of methoxy groups -OCH3 is 1. The fraction of sp³-hybridized carbons (Fsp3) is 0.0588. The van der Waals surface area contributed by atoms with E-state index in [0.717, 1.165) is 5.56 Å². The third kappa shape index (κ3) is 2.48. The van der Waals surface area contributed by atoms with Gasteiger partial charge in [-0.15, -0.1) is 0 Å². The van der Waals surface area contributed by atoms with E-state index >= 15 is 0 Å². The fourth-order valence-electron chi connectivity index (χ4n) is 2.18. The molecule has 110 valence electrons. The van der Waals surface area contributed by atoms with Gasteiger partial charge in [0.2, 0.25) is 0 Å². The van der Waals surface area contributed by atoms with Crippen molar-refractivity contribution >= 4 is 16.8 Å². The predicted molar refractivity (Wildman–Crippen MR) is 83.8 cm³/mol. The van der Waals surface area contributed by atoms with E-state index in [1.54, 1.807) is 12.1 Å². The number of benzene rings is 2. The maximum absolute atomic E-state index is 13.0. The van der Waals surface area contributed by atoms with E-state index in [4.69, 9.17) is 4.74 Å². The third-order valence-electron chi connectivity index (χ3n) is 3.38. The summed E-state index contributed by atoms with van der Waals surface area (Å²) in [6.45, 7) is 3.78. The van der Waals surface area contributed by atoms with Crippen molar-refractivity contribution in [2.24, 2.45) is 0 Å². The number of fused-ring (bicyclic) bond motifs is 1. The lowest BCUT2D eigenvalue weighted by atomic mass is 10.1. The highest BCUT2D eigenvalue weighted by atomic mass is 19.1. The fourth-order valence-corrected chi connectivity index (χ4v) is 2.18. The van der Waals surface area contributed by atoms with Gasteiger partial charge in [-0.3, -0.25) is 4.79 Å². The molecule has 0 spiro atoms. The molecule has 2 aromatic carbocycles. The van der Waals surface area contributed by atoms with Gasteiger partial charge in [0.15, 0.2) is 0 Å². The number of nitrogens with one attached hydrogen (secondary N) is 1. The Morgan fingerprint density at radius 3 is 2.64 bits per heavy atom. The molecule has 3 rings (SSSR count). The van der Waals surface area contributed by atoms with Gasteiger partial charge in [0.25, 0.3) is 5.56 Å².